The van der Waals surface area contributed by atoms with Crippen molar-refractivity contribution in [1.29, 1.82) is 0 Å². The van der Waals surface area contributed by atoms with Gasteiger partial charge in [-0.1, -0.05) is 83.8 Å². The Labute approximate surface area is 262 Å². The van der Waals surface area contributed by atoms with E-state index < -0.39 is 41.3 Å². The van der Waals surface area contributed by atoms with Crippen LogP contribution in [0.1, 0.15) is 117 Å². The van der Waals surface area contributed by atoms with Gasteiger partial charge in [-0.05, 0) is 61.6 Å². The third-order valence-electron chi connectivity index (χ3n) is 7.46. The maximum absolute atomic E-state index is 14.7. The Morgan fingerprint density at radius 2 is 1.33 bits per heavy atom. The number of halogens is 4. The van der Waals surface area contributed by atoms with Crippen LogP contribution in [-0.4, -0.2) is 34.2 Å². The third kappa shape index (κ3) is 11.9. The largest absolute Gasteiger partial charge is 0.449 e. The van der Waals surface area contributed by atoms with Gasteiger partial charge in [0.05, 0.1) is 11.1 Å². The van der Waals surface area contributed by atoms with Crippen molar-refractivity contribution in [1.82, 2.24) is 9.97 Å². The Hall–Kier alpha value is -3.82. The Morgan fingerprint density at radius 3 is 1.93 bits per heavy atom. The molecule has 0 saturated heterocycles. The first-order chi connectivity index (χ1) is 21.6. The van der Waals surface area contributed by atoms with E-state index >= 15 is 0 Å². The lowest BCUT2D eigenvalue weighted by atomic mass is 10.1. The molecule has 3 aromatic rings. The lowest BCUT2D eigenvalue weighted by Gasteiger charge is -2.20. The van der Waals surface area contributed by atoms with Crippen LogP contribution in [0, 0.1) is 5.82 Å². The van der Waals surface area contributed by atoms with Gasteiger partial charge in [0.1, 0.15) is 0 Å². The fraction of sp³-hybridized carbons (Fsp3) is 0.486. The fourth-order valence-electron chi connectivity index (χ4n) is 4.79. The molecule has 10 heteroatoms. The molecule has 0 fully saturated rings. The molecule has 0 bridgehead atoms. The van der Waals surface area contributed by atoms with E-state index in [1.165, 1.54) is 50.7 Å². The van der Waals surface area contributed by atoms with Gasteiger partial charge in [-0.15, -0.1) is 0 Å². The predicted octanol–water partition coefficient (Wildman–Crippen LogP) is 9.85. The van der Waals surface area contributed by atoms with Gasteiger partial charge in [-0.2, -0.15) is 13.2 Å². The molecule has 0 radical (unpaired) electrons. The lowest BCUT2D eigenvalue weighted by molar-refractivity contribution is -0.206. The number of aryl methyl sites for hydroxylation is 1. The number of aromatic nitrogens is 2. The maximum atomic E-state index is 14.7. The van der Waals surface area contributed by atoms with E-state index in [1.54, 1.807) is 24.5 Å². The molecule has 0 aliphatic heterocycles. The van der Waals surface area contributed by atoms with E-state index in [9.17, 15) is 27.2 Å². The minimum absolute atomic E-state index is 0.133. The van der Waals surface area contributed by atoms with Crippen LogP contribution in [-0.2, 0) is 11.2 Å². The molecule has 0 N–H and O–H groups in total. The molecule has 1 heterocycles. The molecule has 1 unspecified atom stereocenters. The Balaban J connectivity index is 1.53. The van der Waals surface area contributed by atoms with Crippen molar-refractivity contribution in [2.75, 3.05) is 0 Å². The smallest absolute Gasteiger partial charge is 0.425 e. The van der Waals surface area contributed by atoms with Crippen LogP contribution < -0.4 is 4.74 Å². The number of esters is 2. The van der Waals surface area contributed by atoms with Crippen molar-refractivity contribution < 1.29 is 36.6 Å². The van der Waals surface area contributed by atoms with Crippen molar-refractivity contribution >= 4 is 11.9 Å². The summed E-state index contributed by atoms with van der Waals surface area (Å²) < 4.78 is 64.6. The molecule has 3 rings (SSSR count). The number of unbranched alkanes of at least 4 members (excludes halogenated alkanes) is 9. The number of hydrogen-bond donors (Lipinski definition) is 0. The van der Waals surface area contributed by atoms with Crippen LogP contribution >= 0.6 is 0 Å². The summed E-state index contributed by atoms with van der Waals surface area (Å²) in [6, 6.07) is 9.03. The average Bonchev–Trinajstić information content (AvgIpc) is 3.02. The van der Waals surface area contributed by atoms with E-state index in [2.05, 4.69) is 21.6 Å². The van der Waals surface area contributed by atoms with Gasteiger partial charge in [0, 0.05) is 18.0 Å². The number of alkyl halides is 3. The monoisotopic (exact) mass is 630 g/mol. The highest BCUT2D eigenvalue weighted by Gasteiger charge is 2.42. The van der Waals surface area contributed by atoms with Gasteiger partial charge < -0.3 is 9.47 Å². The first kappa shape index (κ1) is 35.7. The number of carbonyl (C=O) groups excluding carboxylic acids is 2. The normalized spacial score (nSPS) is 12.1. The van der Waals surface area contributed by atoms with Crippen LogP contribution in [0.4, 0.5) is 17.6 Å². The summed E-state index contributed by atoms with van der Waals surface area (Å²) in [5.41, 5.74) is 1.46. The summed E-state index contributed by atoms with van der Waals surface area (Å²) >= 11 is 0. The van der Waals surface area contributed by atoms with Gasteiger partial charge >= 0.3 is 18.1 Å². The van der Waals surface area contributed by atoms with E-state index in [0.717, 1.165) is 43.4 Å². The summed E-state index contributed by atoms with van der Waals surface area (Å²) in [5.74, 6) is -3.24. The fourth-order valence-corrected chi connectivity index (χ4v) is 4.79. The topological polar surface area (TPSA) is 78.4 Å². The van der Waals surface area contributed by atoms with E-state index in [-0.39, 0.29) is 18.4 Å². The molecule has 1 atom stereocenters. The number of rotatable bonds is 18. The minimum Gasteiger partial charge on any atom is -0.449 e. The second-order valence-corrected chi connectivity index (χ2v) is 11.2. The zero-order chi connectivity index (χ0) is 32.7. The summed E-state index contributed by atoms with van der Waals surface area (Å²) in [6.07, 6.45) is 8.21. The van der Waals surface area contributed by atoms with Crippen molar-refractivity contribution in [3.8, 4) is 17.1 Å². The maximum Gasteiger partial charge on any atom is 0.425 e. The first-order valence-electron chi connectivity index (χ1n) is 15.8. The van der Waals surface area contributed by atoms with Crippen molar-refractivity contribution in [2.45, 2.75) is 110 Å². The highest BCUT2D eigenvalue weighted by molar-refractivity contribution is 5.92. The summed E-state index contributed by atoms with van der Waals surface area (Å²) in [6.45, 7) is 4.14. The van der Waals surface area contributed by atoms with Gasteiger partial charge in [0.25, 0.3) is 0 Å². The van der Waals surface area contributed by atoms with Crippen LogP contribution in [0.2, 0.25) is 0 Å². The number of carbonyl (C=O) groups is 2. The SMILES string of the molecule is CCCCCCCCCc1cnc(-c2ccc(C(=O)Oc3ccc(C(=O)OC(CCCCCC)C(F)(F)F)cc3F)cc2)nc1. The van der Waals surface area contributed by atoms with Crippen LogP contribution in [0.5, 0.6) is 5.75 Å². The highest BCUT2D eigenvalue weighted by Crippen LogP contribution is 2.29. The Morgan fingerprint density at radius 1 is 0.756 bits per heavy atom. The highest BCUT2D eigenvalue weighted by atomic mass is 19.4. The van der Waals surface area contributed by atoms with E-state index in [1.807, 2.05) is 6.92 Å². The van der Waals surface area contributed by atoms with Crippen molar-refractivity contribution in [2.24, 2.45) is 0 Å². The average molecular weight is 631 g/mol. The number of benzene rings is 2. The molecular formula is C35H42F4N2O4. The molecule has 2 aromatic carbocycles. The minimum atomic E-state index is -4.74. The van der Waals surface area contributed by atoms with Gasteiger partial charge in [-0.3, -0.25) is 0 Å². The van der Waals surface area contributed by atoms with Gasteiger partial charge in [-0.25, -0.2) is 23.9 Å². The summed E-state index contributed by atoms with van der Waals surface area (Å²) in [7, 11) is 0. The van der Waals surface area contributed by atoms with Gasteiger partial charge in [0.2, 0.25) is 0 Å². The number of nitrogens with zero attached hydrogens (tertiary/aromatic N) is 2. The van der Waals surface area contributed by atoms with Crippen LogP contribution in [0.15, 0.2) is 54.9 Å². The van der Waals surface area contributed by atoms with E-state index in [4.69, 9.17) is 4.74 Å². The van der Waals surface area contributed by atoms with Crippen molar-refractivity contribution in [3.63, 3.8) is 0 Å². The standard InChI is InChI=1S/C35H42F4N2O4/c1-3-5-7-9-10-11-12-14-25-23-40-32(41-24-25)26-16-18-27(19-17-26)33(42)44-30-21-20-28(22-29(30)36)34(43)45-31(35(37,38)39)15-13-8-6-4-2/h16-24,31H,3-15H2,1-2H3. The third-order valence-corrected chi connectivity index (χ3v) is 7.46. The number of ether oxygens (including phenoxy) is 2. The zero-order valence-electron chi connectivity index (χ0n) is 26.0. The molecular weight excluding hydrogens is 588 g/mol. The molecule has 6 nitrogen and oxygen atoms in total. The second kappa shape index (κ2) is 18.2. The molecule has 0 amide bonds. The molecule has 244 valence electrons. The molecule has 1 aromatic heterocycles. The predicted molar refractivity (Wildman–Crippen MR) is 165 cm³/mol. The Kier molecular flexibility index (Phi) is 14.4. The molecule has 0 saturated carbocycles. The number of hydrogen-bond acceptors (Lipinski definition) is 6. The zero-order valence-corrected chi connectivity index (χ0v) is 26.0. The second-order valence-electron chi connectivity index (χ2n) is 11.2. The quantitative estimate of drug-likeness (QED) is 0.0603. The molecule has 0 aliphatic carbocycles. The Bertz CT molecular complexity index is 1350. The van der Waals surface area contributed by atoms with E-state index in [0.29, 0.717) is 23.9 Å². The van der Waals surface area contributed by atoms with Crippen molar-refractivity contribution in [3.05, 3.63) is 77.4 Å². The molecule has 0 aliphatic rings. The van der Waals surface area contributed by atoms with Gasteiger partial charge in [0.15, 0.2) is 23.5 Å². The van der Waals surface area contributed by atoms with Crippen LogP contribution in [0.3, 0.4) is 0 Å². The molecule has 45 heavy (non-hydrogen) atoms. The first-order valence-corrected chi connectivity index (χ1v) is 15.8. The van der Waals surface area contributed by atoms with Crippen LogP contribution in [0.25, 0.3) is 11.4 Å². The molecule has 0 spiro atoms. The summed E-state index contributed by atoms with van der Waals surface area (Å²) in [4.78, 5) is 33.9. The lowest BCUT2D eigenvalue weighted by Crippen LogP contribution is -2.33. The summed E-state index contributed by atoms with van der Waals surface area (Å²) in [5, 5.41) is 0.